The van der Waals surface area contributed by atoms with Crippen LogP contribution >= 0.6 is 11.6 Å². The molecule has 3 aromatic heterocycles. The first-order valence-electron chi connectivity index (χ1n) is 9.48. The fourth-order valence-corrected chi connectivity index (χ4v) is 3.68. The number of hydrogen-bond donors (Lipinski definition) is 2. The molecule has 0 aliphatic heterocycles. The number of fused-ring (bicyclic) bond motifs is 1. The van der Waals surface area contributed by atoms with Gasteiger partial charge in [0.1, 0.15) is 11.5 Å². The highest BCUT2D eigenvalue weighted by molar-refractivity contribution is 6.30. The van der Waals surface area contributed by atoms with Crippen molar-refractivity contribution in [1.29, 1.82) is 0 Å². The van der Waals surface area contributed by atoms with Gasteiger partial charge < -0.3 is 14.7 Å². The molecule has 0 spiro atoms. The number of hydrogen-bond acceptors (Lipinski definition) is 4. The lowest BCUT2D eigenvalue weighted by Crippen LogP contribution is -2.25. The van der Waals surface area contributed by atoms with Gasteiger partial charge in [0.25, 0.3) is 5.56 Å². The van der Waals surface area contributed by atoms with Gasteiger partial charge in [-0.2, -0.15) is 0 Å². The highest BCUT2D eigenvalue weighted by Crippen LogP contribution is 2.21. The molecule has 0 unspecified atom stereocenters. The van der Waals surface area contributed by atoms with Crippen LogP contribution in [0.2, 0.25) is 5.02 Å². The molecule has 1 atom stereocenters. The van der Waals surface area contributed by atoms with Crippen molar-refractivity contribution in [2.45, 2.75) is 32.9 Å². The van der Waals surface area contributed by atoms with Crippen LogP contribution in [0.3, 0.4) is 0 Å². The Morgan fingerprint density at radius 2 is 1.93 bits per heavy atom. The zero-order valence-corrected chi connectivity index (χ0v) is 17.1. The molecular weight excluding hydrogens is 386 g/mol. The Labute approximate surface area is 173 Å². The number of pyridine rings is 1. The molecule has 2 N–H and O–H groups in total. The summed E-state index contributed by atoms with van der Waals surface area (Å²) in [6.07, 6.45) is 2.60. The Bertz CT molecular complexity index is 1200. The predicted octanol–water partition coefficient (Wildman–Crippen LogP) is 3.76. The molecule has 0 radical (unpaired) electrons. The third kappa shape index (κ3) is 4.39. The molecule has 29 heavy (non-hydrogen) atoms. The summed E-state index contributed by atoms with van der Waals surface area (Å²) in [7, 11) is 0. The predicted molar refractivity (Wildman–Crippen MR) is 114 cm³/mol. The molecule has 0 saturated carbocycles. The van der Waals surface area contributed by atoms with E-state index >= 15 is 0 Å². The SMILES string of the molecule is Cc1nc(C[C@@H](NCc2c(C)nc3ccccn23)c2ccc(Cl)cc2)cc(=O)[nH]1. The lowest BCUT2D eigenvalue weighted by atomic mass is 10.0. The standard InChI is InChI=1S/C22H22ClN5O/c1-14-20(28-10-4-3-5-21(28)25-14)13-24-19(16-6-8-17(23)9-7-16)11-18-12-22(29)27-15(2)26-18/h3-10,12,19,24H,11,13H2,1-2H3,(H,26,27,29)/t19-/m1/s1. The topological polar surface area (TPSA) is 75.1 Å². The number of aryl methyl sites for hydroxylation is 2. The van der Waals surface area contributed by atoms with Gasteiger partial charge in [0.05, 0.1) is 11.4 Å². The van der Waals surface area contributed by atoms with Crippen molar-refractivity contribution in [1.82, 2.24) is 24.7 Å². The van der Waals surface area contributed by atoms with Crippen LogP contribution in [-0.2, 0) is 13.0 Å². The molecule has 3 heterocycles. The zero-order chi connectivity index (χ0) is 20.4. The maximum atomic E-state index is 11.9. The monoisotopic (exact) mass is 407 g/mol. The number of halogens is 1. The molecule has 4 rings (SSSR count). The van der Waals surface area contributed by atoms with E-state index in [9.17, 15) is 4.79 Å². The summed E-state index contributed by atoms with van der Waals surface area (Å²) in [5, 5.41) is 4.31. The Balaban J connectivity index is 1.63. The first-order chi connectivity index (χ1) is 14.0. The van der Waals surface area contributed by atoms with Crippen LogP contribution in [0.5, 0.6) is 0 Å². The van der Waals surface area contributed by atoms with Gasteiger partial charge >= 0.3 is 0 Å². The van der Waals surface area contributed by atoms with Crippen molar-refractivity contribution >= 4 is 17.2 Å². The van der Waals surface area contributed by atoms with Crippen molar-refractivity contribution in [3.05, 3.63) is 98.6 Å². The fraction of sp³-hybridized carbons (Fsp3) is 0.227. The molecule has 0 fully saturated rings. The van der Waals surface area contributed by atoms with E-state index in [1.54, 1.807) is 13.0 Å². The summed E-state index contributed by atoms with van der Waals surface area (Å²) in [5.41, 5.74) is 4.71. The average Bonchev–Trinajstić information content (AvgIpc) is 3.00. The van der Waals surface area contributed by atoms with Crippen molar-refractivity contribution in [2.75, 3.05) is 0 Å². The summed E-state index contributed by atoms with van der Waals surface area (Å²) < 4.78 is 2.09. The summed E-state index contributed by atoms with van der Waals surface area (Å²) in [6.45, 7) is 4.44. The highest BCUT2D eigenvalue weighted by Gasteiger charge is 2.16. The number of imidazole rings is 1. The Kier molecular flexibility index (Phi) is 5.47. The Morgan fingerprint density at radius 1 is 1.14 bits per heavy atom. The van der Waals surface area contributed by atoms with E-state index in [0.29, 0.717) is 23.8 Å². The summed E-state index contributed by atoms with van der Waals surface area (Å²) in [5.74, 6) is 0.611. The van der Waals surface area contributed by atoms with Gasteiger partial charge in [-0.1, -0.05) is 29.8 Å². The van der Waals surface area contributed by atoms with Crippen LogP contribution in [0.15, 0.2) is 59.5 Å². The van der Waals surface area contributed by atoms with Gasteiger partial charge in [-0.25, -0.2) is 9.97 Å². The third-order valence-corrected chi connectivity index (χ3v) is 5.20. The van der Waals surface area contributed by atoms with Crippen LogP contribution in [0.4, 0.5) is 0 Å². The van der Waals surface area contributed by atoms with Crippen LogP contribution in [0.25, 0.3) is 5.65 Å². The smallest absolute Gasteiger partial charge is 0.251 e. The van der Waals surface area contributed by atoms with E-state index in [0.717, 1.165) is 28.3 Å². The van der Waals surface area contributed by atoms with Crippen molar-refractivity contribution in [3.63, 3.8) is 0 Å². The Morgan fingerprint density at radius 3 is 2.69 bits per heavy atom. The van der Waals surface area contributed by atoms with Gasteiger partial charge in [0.15, 0.2) is 0 Å². The maximum Gasteiger partial charge on any atom is 0.251 e. The van der Waals surface area contributed by atoms with Crippen LogP contribution in [0, 0.1) is 13.8 Å². The lowest BCUT2D eigenvalue weighted by Gasteiger charge is -2.19. The minimum absolute atomic E-state index is 0.0328. The first kappa shape index (κ1) is 19.4. The third-order valence-electron chi connectivity index (χ3n) is 4.94. The van der Waals surface area contributed by atoms with Gasteiger partial charge in [-0.15, -0.1) is 0 Å². The van der Waals surface area contributed by atoms with E-state index in [1.165, 1.54) is 0 Å². The first-order valence-corrected chi connectivity index (χ1v) is 9.85. The van der Waals surface area contributed by atoms with Gasteiger partial charge in [-0.05, 0) is 43.7 Å². The summed E-state index contributed by atoms with van der Waals surface area (Å²) in [4.78, 5) is 23.7. The molecule has 1 aromatic carbocycles. The molecule has 6 nitrogen and oxygen atoms in total. The molecular formula is C22H22ClN5O. The van der Waals surface area contributed by atoms with E-state index in [2.05, 4.69) is 24.7 Å². The van der Waals surface area contributed by atoms with E-state index in [1.807, 2.05) is 55.6 Å². The van der Waals surface area contributed by atoms with Gasteiger partial charge in [0.2, 0.25) is 0 Å². The number of nitrogens with zero attached hydrogens (tertiary/aromatic N) is 3. The molecule has 0 aliphatic carbocycles. The lowest BCUT2D eigenvalue weighted by molar-refractivity contribution is 0.516. The molecule has 0 aliphatic rings. The number of H-pyrrole nitrogens is 1. The molecule has 4 aromatic rings. The summed E-state index contributed by atoms with van der Waals surface area (Å²) >= 11 is 6.07. The molecule has 0 bridgehead atoms. The van der Waals surface area contributed by atoms with E-state index in [4.69, 9.17) is 11.6 Å². The van der Waals surface area contributed by atoms with Crippen LogP contribution in [-0.4, -0.2) is 19.4 Å². The minimum atomic E-state index is -0.139. The second-order valence-corrected chi connectivity index (χ2v) is 7.52. The average molecular weight is 408 g/mol. The second kappa shape index (κ2) is 8.19. The minimum Gasteiger partial charge on any atom is -0.311 e. The van der Waals surface area contributed by atoms with Crippen LogP contribution < -0.4 is 10.9 Å². The number of aromatic nitrogens is 4. The highest BCUT2D eigenvalue weighted by atomic mass is 35.5. The van der Waals surface area contributed by atoms with Crippen molar-refractivity contribution in [3.8, 4) is 0 Å². The van der Waals surface area contributed by atoms with E-state index < -0.39 is 0 Å². The van der Waals surface area contributed by atoms with Crippen molar-refractivity contribution < 1.29 is 0 Å². The Hall–Kier alpha value is -2.96. The van der Waals surface area contributed by atoms with Crippen molar-refractivity contribution in [2.24, 2.45) is 0 Å². The number of nitrogens with one attached hydrogen (secondary N) is 2. The van der Waals surface area contributed by atoms with Gasteiger partial charge in [0, 0.05) is 42.0 Å². The summed E-state index contributed by atoms with van der Waals surface area (Å²) in [6, 6.07) is 15.3. The zero-order valence-electron chi connectivity index (χ0n) is 16.3. The molecule has 0 saturated heterocycles. The fourth-order valence-electron chi connectivity index (χ4n) is 3.56. The van der Waals surface area contributed by atoms with E-state index in [-0.39, 0.29) is 11.6 Å². The maximum absolute atomic E-state index is 11.9. The molecule has 0 amide bonds. The normalized spacial score (nSPS) is 12.4. The van der Waals surface area contributed by atoms with Gasteiger partial charge in [-0.3, -0.25) is 4.79 Å². The quantitative estimate of drug-likeness (QED) is 0.510. The second-order valence-electron chi connectivity index (χ2n) is 7.08. The largest absolute Gasteiger partial charge is 0.311 e. The number of aromatic amines is 1. The molecule has 148 valence electrons. The molecule has 7 heteroatoms. The van der Waals surface area contributed by atoms with Crippen LogP contribution in [0.1, 0.15) is 34.5 Å². The number of rotatable bonds is 6. The number of benzene rings is 1.